The van der Waals surface area contributed by atoms with Gasteiger partial charge in [0.25, 0.3) is 0 Å². The fraction of sp³-hybridized carbons (Fsp3) is 0. The van der Waals surface area contributed by atoms with E-state index < -0.39 is 4.92 Å². The van der Waals surface area contributed by atoms with Crippen LogP contribution in [0.4, 0.5) is 5.82 Å². The van der Waals surface area contributed by atoms with Gasteiger partial charge in [0.05, 0.1) is 6.07 Å². The maximum absolute atomic E-state index is 10.2. The summed E-state index contributed by atoms with van der Waals surface area (Å²) in [5.41, 5.74) is 0.330. The molecular weight excluding hydrogens is 164 g/mol. The summed E-state index contributed by atoms with van der Waals surface area (Å²) in [6.45, 7) is 0. The summed E-state index contributed by atoms with van der Waals surface area (Å²) in [5.74, 6) is -0.177. The molecule has 0 fully saturated rings. The smallest absolute Gasteiger partial charge is 0.358 e. The summed E-state index contributed by atoms with van der Waals surface area (Å²) in [6.07, 6.45) is 1.25. The van der Waals surface area contributed by atoms with Crippen molar-refractivity contribution in [2.24, 2.45) is 0 Å². The van der Waals surface area contributed by atoms with Gasteiger partial charge in [0, 0.05) is 0 Å². The number of nitrogens with zero attached hydrogens (tertiary/aromatic N) is 4. The molecule has 12 heavy (non-hydrogen) atoms. The quantitative estimate of drug-likeness (QED) is 0.451. The van der Waals surface area contributed by atoms with E-state index in [0.29, 0.717) is 5.69 Å². The lowest BCUT2D eigenvalue weighted by Gasteiger charge is -1.90. The molecule has 2 heterocycles. The average molecular weight is 166 g/mol. The number of fused-ring (bicyclic) bond motifs is 1. The van der Waals surface area contributed by atoms with Crippen LogP contribution >= 0.6 is 0 Å². The third-order valence-electron chi connectivity index (χ3n) is 1.27. The SMILES string of the molecule is O=[N+]([O-])c1cc2ncnc-2on1. The van der Waals surface area contributed by atoms with Gasteiger partial charge in [0.2, 0.25) is 0 Å². The first-order valence-electron chi connectivity index (χ1n) is 2.99. The van der Waals surface area contributed by atoms with Crippen molar-refractivity contribution in [3.05, 3.63) is 22.5 Å². The number of nitro groups is 1. The van der Waals surface area contributed by atoms with Crippen LogP contribution in [-0.4, -0.2) is 20.0 Å². The van der Waals surface area contributed by atoms with Gasteiger partial charge in [-0.15, -0.1) is 0 Å². The molecule has 0 aliphatic carbocycles. The first-order chi connectivity index (χ1) is 5.77. The normalized spacial score (nSPS) is 10.3. The highest BCUT2D eigenvalue weighted by Crippen LogP contribution is 2.19. The van der Waals surface area contributed by atoms with E-state index in [0.717, 1.165) is 0 Å². The Morgan fingerprint density at radius 2 is 2.33 bits per heavy atom. The summed E-state index contributed by atoms with van der Waals surface area (Å²) < 4.78 is 4.58. The Labute approximate surface area is 65.5 Å². The van der Waals surface area contributed by atoms with E-state index in [2.05, 4.69) is 19.6 Å². The molecule has 0 N–H and O–H groups in total. The van der Waals surface area contributed by atoms with Gasteiger partial charge in [-0.25, -0.2) is 9.51 Å². The summed E-state index contributed by atoms with van der Waals surface area (Å²) in [5, 5.41) is 13.4. The molecular formula is C5H2N4O3. The third kappa shape index (κ3) is 0.875. The van der Waals surface area contributed by atoms with E-state index >= 15 is 0 Å². The van der Waals surface area contributed by atoms with Crippen LogP contribution in [0.25, 0.3) is 11.6 Å². The van der Waals surface area contributed by atoms with Gasteiger partial charge in [-0.05, 0) is 4.92 Å². The predicted molar refractivity (Wildman–Crippen MR) is 35.4 cm³/mol. The van der Waals surface area contributed by atoms with Crippen LogP contribution in [0.3, 0.4) is 0 Å². The van der Waals surface area contributed by atoms with E-state index in [1.807, 2.05) is 0 Å². The summed E-state index contributed by atoms with van der Waals surface area (Å²) >= 11 is 0. The molecule has 0 spiro atoms. The Morgan fingerprint density at radius 3 is 3.08 bits per heavy atom. The second-order valence-corrected chi connectivity index (χ2v) is 2.01. The maximum atomic E-state index is 10.2. The van der Waals surface area contributed by atoms with Crippen molar-refractivity contribution < 1.29 is 9.45 Å². The molecule has 0 unspecified atom stereocenters. The predicted octanol–water partition coefficient (Wildman–Crippen LogP) is 0.478. The maximum Gasteiger partial charge on any atom is 0.412 e. The lowest BCUT2D eigenvalue weighted by atomic mass is 10.4. The van der Waals surface area contributed by atoms with Gasteiger partial charge in [0.15, 0.2) is 5.16 Å². The van der Waals surface area contributed by atoms with E-state index in [1.165, 1.54) is 12.4 Å². The van der Waals surface area contributed by atoms with Gasteiger partial charge < -0.3 is 10.1 Å². The minimum atomic E-state index is -0.655. The second-order valence-electron chi connectivity index (χ2n) is 2.01. The molecule has 0 saturated heterocycles. The molecule has 0 amide bonds. The zero-order chi connectivity index (χ0) is 8.55. The van der Waals surface area contributed by atoms with Gasteiger partial charge in [0.1, 0.15) is 12.0 Å². The van der Waals surface area contributed by atoms with E-state index in [9.17, 15) is 10.1 Å². The van der Waals surface area contributed by atoms with Crippen molar-refractivity contribution in [2.75, 3.05) is 0 Å². The van der Waals surface area contributed by atoms with E-state index in [-0.39, 0.29) is 11.7 Å². The highest BCUT2D eigenvalue weighted by Gasteiger charge is 2.17. The fourth-order valence-corrected chi connectivity index (χ4v) is 0.759. The zero-order valence-corrected chi connectivity index (χ0v) is 5.67. The van der Waals surface area contributed by atoms with Crippen LogP contribution in [0.5, 0.6) is 0 Å². The topological polar surface area (TPSA) is 95.0 Å². The van der Waals surface area contributed by atoms with Gasteiger partial charge in [-0.3, -0.25) is 0 Å². The molecule has 0 aromatic heterocycles. The average Bonchev–Trinajstić information content (AvgIpc) is 2.49. The molecule has 2 rings (SSSR count). The molecule has 7 heteroatoms. The third-order valence-corrected chi connectivity index (χ3v) is 1.27. The van der Waals surface area contributed by atoms with Crippen LogP contribution in [0.15, 0.2) is 16.9 Å². The van der Waals surface area contributed by atoms with Crippen LogP contribution in [0, 0.1) is 10.1 Å². The van der Waals surface area contributed by atoms with Gasteiger partial charge in [-0.1, -0.05) is 0 Å². The number of hydrogen-bond donors (Lipinski definition) is 0. The molecule has 7 nitrogen and oxygen atoms in total. The lowest BCUT2D eigenvalue weighted by molar-refractivity contribution is -0.392. The van der Waals surface area contributed by atoms with Crippen molar-refractivity contribution in [3.63, 3.8) is 0 Å². The second kappa shape index (κ2) is 2.22. The number of imidazole rings is 1. The van der Waals surface area contributed by atoms with Crippen molar-refractivity contribution in [2.45, 2.75) is 0 Å². The minimum Gasteiger partial charge on any atom is -0.358 e. The van der Waals surface area contributed by atoms with Crippen molar-refractivity contribution in [3.8, 4) is 11.6 Å². The molecule has 0 saturated carbocycles. The van der Waals surface area contributed by atoms with Gasteiger partial charge in [-0.2, -0.15) is 4.98 Å². The zero-order valence-electron chi connectivity index (χ0n) is 5.67. The Morgan fingerprint density at radius 1 is 1.50 bits per heavy atom. The molecule has 0 radical (unpaired) electrons. The Hall–Kier alpha value is -2.05. The Bertz CT molecular complexity index is 398. The van der Waals surface area contributed by atoms with Crippen LogP contribution < -0.4 is 0 Å². The summed E-state index contributed by atoms with van der Waals surface area (Å²) in [4.78, 5) is 16.9. The Kier molecular flexibility index (Phi) is 1.23. The lowest BCUT2D eigenvalue weighted by Crippen LogP contribution is -1.92. The highest BCUT2D eigenvalue weighted by atomic mass is 16.6. The molecule has 60 valence electrons. The molecule has 0 bridgehead atoms. The number of hydrogen-bond acceptors (Lipinski definition) is 6. The van der Waals surface area contributed by atoms with Crippen molar-refractivity contribution in [1.82, 2.24) is 15.1 Å². The standard InChI is InChI=1S/C5H2N4O3/c10-9(11)4-1-3-5(12-8-4)7-2-6-3/h1-2H. The number of aromatic nitrogens is 3. The fourth-order valence-electron chi connectivity index (χ4n) is 0.759. The first kappa shape index (κ1) is 6.65. The molecule has 0 aromatic carbocycles. The van der Waals surface area contributed by atoms with E-state index in [1.54, 1.807) is 0 Å². The monoisotopic (exact) mass is 166 g/mol. The minimum absolute atomic E-state index is 0.195. The van der Waals surface area contributed by atoms with Crippen LogP contribution in [0.1, 0.15) is 0 Å². The highest BCUT2D eigenvalue weighted by molar-refractivity contribution is 5.49. The largest absolute Gasteiger partial charge is 0.412 e. The molecule has 0 atom stereocenters. The molecule has 2 aliphatic rings. The Balaban J connectivity index is 2.62. The number of rotatable bonds is 1. The van der Waals surface area contributed by atoms with Crippen LogP contribution in [0.2, 0.25) is 0 Å². The summed E-state index contributed by atoms with van der Waals surface area (Å²) in [6, 6.07) is 1.20. The van der Waals surface area contributed by atoms with Crippen molar-refractivity contribution >= 4 is 5.82 Å². The van der Waals surface area contributed by atoms with Crippen molar-refractivity contribution in [1.29, 1.82) is 0 Å². The summed E-state index contributed by atoms with van der Waals surface area (Å²) in [7, 11) is 0. The first-order valence-corrected chi connectivity index (χ1v) is 2.99. The van der Waals surface area contributed by atoms with Crippen LogP contribution in [-0.2, 0) is 0 Å². The van der Waals surface area contributed by atoms with Gasteiger partial charge >= 0.3 is 11.7 Å². The molecule has 0 aromatic rings. The molecule has 2 aliphatic heterocycles. The van der Waals surface area contributed by atoms with E-state index in [4.69, 9.17) is 0 Å².